The molecule has 106 valence electrons. The van der Waals surface area contributed by atoms with Crippen molar-refractivity contribution in [2.24, 2.45) is 0 Å². The minimum absolute atomic E-state index is 0.195. The molecule has 6 heteroatoms. The van der Waals surface area contributed by atoms with Crippen LogP contribution in [-0.4, -0.2) is 42.3 Å². The monoisotopic (exact) mass is 348 g/mol. The van der Waals surface area contributed by atoms with Crippen molar-refractivity contribution < 1.29 is 9.90 Å². The molecule has 0 heterocycles. The van der Waals surface area contributed by atoms with Crippen LogP contribution in [0.2, 0.25) is 5.02 Å². The summed E-state index contributed by atoms with van der Waals surface area (Å²) in [5, 5.41) is 12.7. The zero-order chi connectivity index (χ0) is 14.4. The summed E-state index contributed by atoms with van der Waals surface area (Å²) in [4.78, 5) is 13.1. The number of nitrogens with one attached hydrogen (secondary N) is 1. The number of aliphatic hydroxyl groups is 1. The Labute approximate surface area is 126 Å². The molecule has 4 nitrogen and oxygen atoms in total. The Morgan fingerprint density at radius 1 is 1.58 bits per heavy atom. The highest BCUT2D eigenvalue weighted by Gasteiger charge is 2.10. The van der Waals surface area contributed by atoms with E-state index in [1.54, 1.807) is 14.0 Å². The number of carbonyl (C=O) groups is 1. The number of likely N-dealkylation sites (N-methyl/N-ethyl adjacent to an activating group) is 1. The van der Waals surface area contributed by atoms with E-state index in [2.05, 4.69) is 21.2 Å². The van der Waals surface area contributed by atoms with E-state index in [4.69, 9.17) is 11.6 Å². The summed E-state index contributed by atoms with van der Waals surface area (Å²) >= 11 is 9.37. The maximum atomic E-state index is 11.7. The van der Waals surface area contributed by atoms with Gasteiger partial charge in [-0.3, -0.25) is 0 Å². The van der Waals surface area contributed by atoms with Gasteiger partial charge in [-0.2, -0.15) is 0 Å². The molecule has 0 unspecified atom stereocenters. The van der Waals surface area contributed by atoms with Crippen molar-refractivity contribution in [3.05, 3.63) is 33.3 Å². The first-order valence-electron chi connectivity index (χ1n) is 6.01. The minimum atomic E-state index is -0.530. The Kier molecular flexibility index (Phi) is 6.62. The van der Waals surface area contributed by atoms with Gasteiger partial charge in [0.15, 0.2) is 0 Å². The summed E-state index contributed by atoms with van der Waals surface area (Å²) in [7, 11) is 1.65. The Morgan fingerprint density at radius 3 is 2.89 bits per heavy atom. The van der Waals surface area contributed by atoms with Gasteiger partial charge in [0.1, 0.15) is 0 Å². The van der Waals surface area contributed by atoms with Crippen LogP contribution in [0.4, 0.5) is 4.79 Å². The van der Waals surface area contributed by atoms with Crippen LogP contribution < -0.4 is 5.32 Å². The fraction of sp³-hybridized carbons (Fsp3) is 0.462. The van der Waals surface area contributed by atoms with Gasteiger partial charge < -0.3 is 15.3 Å². The number of rotatable bonds is 5. The highest BCUT2D eigenvalue weighted by molar-refractivity contribution is 9.10. The molecule has 0 spiro atoms. The molecule has 1 aromatic carbocycles. The average molecular weight is 350 g/mol. The van der Waals surface area contributed by atoms with Crippen LogP contribution in [0.1, 0.15) is 12.5 Å². The highest BCUT2D eigenvalue weighted by atomic mass is 79.9. The second-order valence-corrected chi connectivity index (χ2v) is 5.74. The molecular formula is C13H18BrClN2O2. The van der Waals surface area contributed by atoms with Crippen molar-refractivity contribution in [1.29, 1.82) is 0 Å². The van der Waals surface area contributed by atoms with Gasteiger partial charge in [-0.05, 0) is 37.1 Å². The van der Waals surface area contributed by atoms with Crippen LogP contribution in [0.25, 0.3) is 0 Å². The second-order valence-electron chi connectivity index (χ2n) is 4.45. The van der Waals surface area contributed by atoms with E-state index >= 15 is 0 Å². The van der Waals surface area contributed by atoms with E-state index in [-0.39, 0.29) is 6.03 Å². The summed E-state index contributed by atoms with van der Waals surface area (Å²) in [6.45, 7) is 2.47. The predicted molar refractivity (Wildman–Crippen MR) is 80.6 cm³/mol. The lowest BCUT2D eigenvalue weighted by Gasteiger charge is -2.19. The fourth-order valence-corrected chi connectivity index (χ4v) is 2.29. The molecule has 1 aromatic rings. The van der Waals surface area contributed by atoms with E-state index in [1.807, 2.05) is 18.2 Å². The van der Waals surface area contributed by atoms with Gasteiger partial charge in [-0.1, -0.05) is 27.5 Å². The minimum Gasteiger partial charge on any atom is -0.392 e. The largest absolute Gasteiger partial charge is 0.392 e. The smallest absolute Gasteiger partial charge is 0.317 e. The van der Waals surface area contributed by atoms with Crippen LogP contribution in [0, 0.1) is 0 Å². The molecule has 0 saturated carbocycles. The molecular weight excluding hydrogens is 332 g/mol. The van der Waals surface area contributed by atoms with Crippen molar-refractivity contribution in [3.63, 3.8) is 0 Å². The molecule has 0 aliphatic heterocycles. The van der Waals surface area contributed by atoms with Crippen LogP contribution in [0.5, 0.6) is 0 Å². The molecule has 0 bridgehead atoms. The van der Waals surface area contributed by atoms with E-state index in [1.165, 1.54) is 4.90 Å². The van der Waals surface area contributed by atoms with Crippen molar-refractivity contribution in [2.45, 2.75) is 19.4 Å². The molecule has 0 saturated heterocycles. The molecule has 1 atom stereocenters. The van der Waals surface area contributed by atoms with Crippen molar-refractivity contribution in [3.8, 4) is 0 Å². The Morgan fingerprint density at radius 2 is 2.26 bits per heavy atom. The standard InChI is InChI=1S/C13H18BrClN2O2/c1-9(18)8-17(2)13(19)16-6-5-10-7-11(15)3-4-12(10)14/h3-4,7,9,18H,5-6,8H2,1-2H3,(H,16,19)/t9-/m0/s1. The van der Waals surface area contributed by atoms with Gasteiger partial charge in [0, 0.05) is 29.6 Å². The van der Waals surface area contributed by atoms with Crippen molar-refractivity contribution >= 4 is 33.6 Å². The van der Waals surface area contributed by atoms with Crippen molar-refractivity contribution in [2.75, 3.05) is 20.1 Å². The Bertz CT molecular complexity index is 441. The number of aliphatic hydroxyl groups excluding tert-OH is 1. The maximum absolute atomic E-state index is 11.7. The number of hydrogen-bond acceptors (Lipinski definition) is 2. The first-order valence-corrected chi connectivity index (χ1v) is 7.18. The number of carbonyl (C=O) groups excluding carboxylic acids is 1. The molecule has 0 fully saturated rings. The molecule has 0 aliphatic carbocycles. The third-order valence-corrected chi connectivity index (χ3v) is 3.57. The first-order chi connectivity index (χ1) is 8.90. The third kappa shape index (κ3) is 5.80. The lowest BCUT2D eigenvalue weighted by atomic mass is 10.1. The van der Waals surface area contributed by atoms with Crippen LogP contribution in [0.15, 0.2) is 22.7 Å². The van der Waals surface area contributed by atoms with Gasteiger partial charge in [0.2, 0.25) is 0 Å². The van der Waals surface area contributed by atoms with Gasteiger partial charge in [0.25, 0.3) is 0 Å². The summed E-state index contributed by atoms with van der Waals surface area (Å²) in [5.41, 5.74) is 1.05. The van der Waals surface area contributed by atoms with E-state index in [0.717, 1.165) is 10.0 Å². The predicted octanol–water partition coefficient (Wildman–Crippen LogP) is 2.67. The number of nitrogens with zero attached hydrogens (tertiary/aromatic N) is 1. The zero-order valence-corrected chi connectivity index (χ0v) is 13.3. The average Bonchev–Trinajstić information content (AvgIpc) is 2.32. The maximum Gasteiger partial charge on any atom is 0.317 e. The molecule has 19 heavy (non-hydrogen) atoms. The SMILES string of the molecule is C[C@H](O)CN(C)C(=O)NCCc1cc(Cl)ccc1Br. The number of benzene rings is 1. The number of halogens is 2. The quantitative estimate of drug-likeness (QED) is 0.858. The molecule has 0 aliphatic rings. The van der Waals surface area contributed by atoms with Crippen LogP contribution in [-0.2, 0) is 6.42 Å². The molecule has 0 aromatic heterocycles. The lowest BCUT2D eigenvalue weighted by molar-refractivity contribution is 0.144. The normalized spacial score (nSPS) is 12.1. The zero-order valence-electron chi connectivity index (χ0n) is 11.0. The topological polar surface area (TPSA) is 52.6 Å². The van der Waals surface area contributed by atoms with E-state index < -0.39 is 6.10 Å². The van der Waals surface area contributed by atoms with Gasteiger partial charge in [-0.25, -0.2) is 4.79 Å². The van der Waals surface area contributed by atoms with E-state index in [0.29, 0.717) is 24.5 Å². The highest BCUT2D eigenvalue weighted by Crippen LogP contribution is 2.21. The molecule has 1 rings (SSSR count). The molecule has 2 amide bonds. The van der Waals surface area contributed by atoms with Crippen LogP contribution in [0.3, 0.4) is 0 Å². The first kappa shape index (κ1) is 16.3. The lowest BCUT2D eigenvalue weighted by Crippen LogP contribution is -2.41. The summed E-state index contributed by atoms with van der Waals surface area (Å²) in [5.74, 6) is 0. The summed E-state index contributed by atoms with van der Waals surface area (Å²) in [6.07, 6.45) is 0.160. The number of amides is 2. The number of urea groups is 1. The van der Waals surface area contributed by atoms with E-state index in [9.17, 15) is 9.90 Å². The third-order valence-electron chi connectivity index (χ3n) is 2.56. The Hall–Kier alpha value is -0.780. The summed E-state index contributed by atoms with van der Waals surface area (Å²) in [6, 6.07) is 5.37. The number of hydrogen-bond donors (Lipinski definition) is 2. The van der Waals surface area contributed by atoms with Gasteiger partial charge in [-0.15, -0.1) is 0 Å². The molecule has 0 radical (unpaired) electrons. The van der Waals surface area contributed by atoms with Crippen molar-refractivity contribution in [1.82, 2.24) is 10.2 Å². The van der Waals surface area contributed by atoms with Gasteiger partial charge >= 0.3 is 6.03 Å². The van der Waals surface area contributed by atoms with Crippen LogP contribution >= 0.6 is 27.5 Å². The summed E-state index contributed by atoms with van der Waals surface area (Å²) < 4.78 is 0.975. The Balaban J connectivity index is 2.41. The fourth-order valence-electron chi connectivity index (χ4n) is 1.65. The molecule has 2 N–H and O–H groups in total. The second kappa shape index (κ2) is 7.72. The van der Waals surface area contributed by atoms with Gasteiger partial charge in [0.05, 0.1) is 6.10 Å².